The van der Waals surface area contributed by atoms with Crippen LogP contribution in [0.25, 0.3) is 44.2 Å². The molecule has 3 heterocycles. The van der Waals surface area contributed by atoms with Crippen molar-refractivity contribution in [1.82, 2.24) is 4.98 Å². The van der Waals surface area contributed by atoms with Crippen molar-refractivity contribution in [3.63, 3.8) is 0 Å². The Balaban J connectivity index is 1.40. The number of hydrogen-bond acceptors (Lipinski definition) is 5. The summed E-state index contributed by atoms with van der Waals surface area (Å²) in [5, 5.41) is 23.7. The van der Waals surface area contributed by atoms with E-state index in [0.717, 1.165) is 22.3 Å². The lowest BCUT2D eigenvalue weighted by molar-refractivity contribution is 1.27. The standard InChI is InChI=1S/C31H19N3S2/c32-20-26(22-8-12-24(13-9-22)30-6-2-16-35-30)18-28-4-1-5-29(34-28)19-27(21-33)23-10-14-25(15-11-23)31-7-3-17-36-31/h1-19H/b26-18+,27-19+. The quantitative estimate of drug-likeness (QED) is 0.221. The van der Waals surface area contributed by atoms with E-state index in [1.165, 1.54) is 9.75 Å². The van der Waals surface area contributed by atoms with Gasteiger partial charge in [0.1, 0.15) is 0 Å². The van der Waals surface area contributed by atoms with E-state index in [0.29, 0.717) is 22.5 Å². The molecule has 0 amide bonds. The number of thiophene rings is 2. The summed E-state index contributed by atoms with van der Waals surface area (Å²) in [5.41, 5.74) is 6.32. The first kappa shape index (κ1) is 23.2. The molecule has 0 N–H and O–H groups in total. The molecule has 0 fully saturated rings. The lowest BCUT2D eigenvalue weighted by Gasteiger charge is -2.04. The van der Waals surface area contributed by atoms with Crippen LogP contribution in [0.4, 0.5) is 0 Å². The van der Waals surface area contributed by atoms with Crippen LogP contribution < -0.4 is 0 Å². The lowest BCUT2D eigenvalue weighted by Crippen LogP contribution is -1.89. The molecule has 0 saturated heterocycles. The van der Waals surface area contributed by atoms with Gasteiger partial charge < -0.3 is 0 Å². The van der Waals surface area contributed by atoms with Gasteiger partial charge in [0.25, 0.3) is 0 Å². The highest BCUT2D eigenvalue weighted by Gasteiger charge is 2.07. The summed E-state index contributed by atoms with van der Waals surface area (Å²) in [6.07, 6.45) is 3.55. The molecule has 0 spiro atoms. The number of allylic oxidation sites excluding steroid dienone is 2. The maximum atomic E-state index is 9.79. The van der Waals surface area contributed by atoms with E-state index in [2.05, 4.69) is 40.0 Å². The zero-order chi connectivity index (χ0) is 24.7. The predicted octanol–water partition coefficient (Wildman–Crippen LogP) is 8.67. The molecule has 0 aliphatic carbocycles. The summed E-state index contributed by atoms with van der Waals surface area (Å²) in [4.78, 5) is 7.05. The maximum absolute atomic E-state index is 9.79. The molecule has 3 aromatic heterocycles. The Morgan fingerprint density at radius 1 is 0.583 bits per heavy atom. The molecular weight excluding hydrogens is 478 g/mol. The fourth-order valence-corrected chi connectivity index (χ4v) is 5.27. The average Bonchev–Trinajstić information content (AvgIpc) is 3.66. The van der Waals surface area contributed by atoms with E-state index in [-0.39, 0.29) is 0 Å². The van der Waals surface area contributed by atoms with E-state index >= 15 is 0 Å². The normalized spacial score (nSPS) is 11.6. The van der Waals surface area contributed by atoms with Crippen LogP contribution in [0.2, 0.25) is 0 Å². The topological polar surface area (TPSA) is 60.5 Å². The molecule has 2 aromatic carbocycles. The molecule has 0 unspecified atom stereocenters. The summed E-state index contributed by atoms with van der Waals surface area (Å²) in [6.45, 7) is 0. The van der Waals surface area contributed by atoms with E-state index < -0.39 is 0 Å². The zero-order valence-corrected chi connectivity index (χ0v) is 20.8. The summed E-state index contributed by atoms with van der Waals surface area (Å²) < 4.78 is 0. The smallest absolute Gasteiger partial charge is 0.0998 e. The summed E-state index contributed by atoms with van der Waals surface area (Å²) in [6, 6.07) is 34.4. The monoisotopic (exact) mass is 497 g/mol. The van der Waals surface area contributed by atoms with Crippen molar-refractivity contribution >= 4 is 46.0 Å². The van der Waals surface area contributed by atoms with Crippen LogP contribution in [0.15, 0.2) is 102 Å². The van der Waals surface area contributed by atoms with Crippen LogP contribution in [0.5, 0.6) is 0 Å². The lowest BCUT2D eigenvalue weighted by atomic mass is 10.0. The molecule has 5 heteroatoms. The molecule has 3 nitrogen and oxygen atoms in total. The fraction of sp³-hybridized carbons (Fsp3) is 0. The minimum atomic E-state index is 0.533. The van der Waals surface area contributed by atoms with Crippen molar-refractivity contribution < 1.29 is 0 Å². The van der Waals surface area contributed by atoms with Crippen LogP contribution in [-0.4, -0.2) is 4.98 Å². The van der Waals surface area contributed by atoms with E-state index in [1.807, 2.05) is 78.9 Å². The summed E-state index contributed by atoms with van der Waals surface area (Å²) >= 11 is 3.38. The second-order valence-corrected chi connectivity index (χ2v) is 9.83. The molecule has 5 rings (SSSR count). The van der Waals surface area contributed by atoms with Crippen molar-refractivity contribution in [1.29, 1.82) is 10.5 Å². The molecule has 0 atom stereocenters. The van der Waals surface area contributed by atoms with E-state index in [1.54, 1.807) is 34.8 Å². The van der Waals surface area contributed by atoms with Crippen LogP contribution in [-0.2, 0) is 0 Å². The molecule has 0 radical (unpaired) electrons. The highest BCUT2D eigenvalue weighted by atomic mass is 32.1. The van der Waals surface area contributed by atoms with Gasteiger partial charge in [0, 0.05) is 9.75 Å². The third-order valence-corrected chi connectivity index (χ3v) is 7.46. The Morgan fingerprint density at radius 2 is 1.03 bits per heavy atom. The van der Waals surface area contributed by atoms with E-state index in [9.17, 15) is 10.5 Å². The average molecular weight is 498 g/mol. The van der Waals surface area contributed by atoms with Crippen LogP contribution in [0.3, 0.4) is 0 Å². The Labute approximate surface area is 218 Å². The summed E-state index contributed by atoms with van der Waals surface area (Å²) in [7, 11) is 0. The molecule has 0 aliphatic heterocycles. The Bertz CT molecular complexity index is 1490. The van der Waals surface area contributed by atoms with Gasteiger partial charge in [0.05, 0.1) is 34.7 Å². The van der Waals surface area contributed by atoms with Crippen molar-refractivity contribution in [2.75, 3.05) is 0 Å². The fourth-order valence-electron chi connectivity index (χ4n) is 3.80. The zero-order valence-electron chi connectivity index (χ0n) is 19.1. The Kier molecular flexibility index (Phi) is 6.96. The number of nitrogens with zero attached hydrogens (tertiary/aromatic N) is 3. The third-order valence-electron chi connectivity index (χ3n) is 5.62. The first-order valence-electron chi connectivity index (χ1n) is 11.2. The van der Waals surface area contributed by atoms with Gasteiger partial charge in [-0.2, -0.15) is 10.5 Å². The van der Waals surface area contributed by atoms with E-state index in [4.69, 9.17) is 0 Å². The van der Waals surface area contributed by atoms with Gasteiger partial charge in [-0.25, -0.2) is 4.98 Å². The van der Waals surface area contributed by atoms with Crippen LogP contribution in [0, 0.1) is 22.7 Å². The third kappa shape index (κ3) is 5.24. The number of aromatic nitrogens is 1. The highest BCUT2D eigenvalue weighted by molar-refractivity contribution is 7.13. The van der Waals surface area contributed by atoms with Gasteiger partial charge in [-0.1, -0.05) is 66.7 Å². The number of nitriles is 2. The molecule has 0 bridgehead atoms. The van der Waals surface area contributed by atoms with Crippen LogP contribution in [0.1, 0.15) is 22.5 Å². The SMILES string of the molecule is N#C/C(=C\c1cccc(/C=C(\C#N)c2ccc(-c3cccs3)cc2)n1)c1ccc(-c2cccs2)cc1. The first-order valence-corrected chi connectivity index (χ1v) is 13.0. The minimum Gasteiger partial charge on any atom is -0.249 e. The highest BCUT2D eigenvalue weighted by Crippen LogP contribution is 2.28. The van der Waals surface area contributed by atoms with Gasteiger partial charge in [0.2, 0.25) is 0 Å². The predicted molar refractivity (Wildman–Crippen MR) is 151 cm³/mol. The second kappa shape index (κ2) is 10.8. The minimum absolute atomic E-state index is 0.533. The van der Waals surface area contributed by atoms with Gasteiger partial charge in [0.15, 0.2) is 0 Å². The largest absolute Gasteiger partial charge is 0.249 e. The number of pyridine rings is 1. The number of benzene rings is 2. The maximum Gasteiger partial charge on any atom is 0.0998 e. The van der Waals surface area contributed by atoms with Gasteiger partial charge in [-0.3, -0.25) is 0 Å². The van der Waals surface area contributed by atoms with Crippen molar-refractivity contribution in [3.05, 3.63) is 124 Å². The molecular formula is C31H19N3S2. The van der Waals surface area contributed by atoms with Crippen molar-refractivity contribution in [2.45, 2.75) is 0 Å². The second-order valence-electron chi connectivity index (χ2n) is 7.94. The Hall–Kier alpha value is -4.55. The molecule has 0 aliphatic rings. The van der Waals surface area contributed by atoms with Gasteiger partial charge in [-0.05, 0) is 69.4 Å². The number of rotatable bonds is 6. The van der Waals surface area contributed by atoms with Gasteiger partial charge >= 0.3 is 0 Å². The van der Waals surface area contributed by atoms with Crippen molar-refractivity contribution in [2.24, 2.45) is 0 Å². The summed E-state index contributed by atoms with van der Waals surface area (Å²) in [5.74, 6) is 0. The molecule has 170 valence electrons. The molecule has 36 heavy (non-hydrogen) atoms. The Morgan fingerprint density at radius 3 is 1.39 bits per heavy atom. The first-order chi connectivity index (χ1) is 17.7. The molecule has 0 saturated carbocycles. The number of hydrogen-bond donors (Lipinski definition) is 0. The van der Waals surface area contributed by atoms with Crippen molar-refractivity contribution in [3.8, 4) is 33.0 Å². The van der Waals surface area contributed by atoms with Gasteiger partial charge in [-0.15, -0.1) is 22.7 Å². The molecule has 5 aromatic rings. The van der Waals surface area contributed by atoms with Crippen LogP contribution >= 0.6 is 22.7 Å².